The molecule has 3 unspecified atom stereocenters. The minimum absolute atomic E-state index is 0.00334. The number of allylic oxidation sites excluding steroid dienone is 3. The minimum Gasteiger partial charge on any atom is -0.411 e. The third-order valence-electron chi connectivity index (χ3n) is 8.47. The van der Waals surface area contributed by atoms with Gasteiger partial charge in [0, 0.05) is 5.41 Å². The quantitative estimate of drug-likeness (QED) is 0.388. The third-order valence-corrected chi connectivity index (χ3v) is 8.47. The van der Waals surface area contributed by atoms with Crippen LogP contribution < -0.4 is 0 Å². The van der Waals surface area contributed by atoms with Crippen LogP contribution in [0.2, 0.25) is 0 Å². The summed E-state index contributed by atoms with van der Waals surface area (Å²) >= 11 is 0. The van der Waals surface area contributed by atoms with Crippen LogP contribution in [-0.2, 0) is 4.74 Å². The van der Waals surface area contributed by atoms with Gasteiger partial charge in [0.05, 0.1) is 17.9 Å². The van der Waals surface area contributed by atoms with Crippen molar-refractivity contribution in [2.75, 3.05) is 6.61 Å². The Balaban J connectivity index is 1.49. The molecule has 25 heavy (non-hydrogen) atoms. The summed E-state index contributed by atoms with van der Waals surface area (Å²) in [6.45, 7) is 7.73. The van der Waals surface area contributed by atoms with Gasteiger partial charge in [-0.25, -0.2) is 0 Å². The first-order chi connectivity index (χ1) is 12.1. The SMILES string of the molecule is C=C1CC2C(CC[C@@]3(C)C2CC[C@@]32C=CCO2)[C@H]2CC/C(=N\O)C=C12. The molecule has 1 spiro atoms. The van der Waals surface area contributed by atoms with Gasteiger partial charge in [0.2, 0.25) is 0 Å². The van der Waals surface area contributed by atoms with Gasteiger partial charge in [-0.05, 0) is 80.3 Å². The number of nitrogens with zero attached hydrogens (tertiary/aromatic N) is 1. The second-order valence-corrected chi connectivity index (χ2v) is 9.18. The Morgan fingerprint density at radius 2 is 2.12 bits per heavy atom. The molecule has 134 valence electrons. The van der Waals surface area contributed by atoms with Crippen LogP contribution in [0.15, 0.2) is 41.1 Å². The predicted octanol–water partition coefficient (Wildman–Crippen LogP) is 4.88. The summed E-state index contributed by atoms with van der Waals surface area (Å²) in [5, 5.41) is 12.6. The first-order valence-corrected chi connectivity index (χ1v) is 10.0. The molecule has 6 atom stereocenters. The van der Waals surface area contributed by atoms with E-state index in [1.807, 2.05) is 0 Å². The zero-order chi connectivity index (χ0) is 17.2. The highest BCUT2D eigenvalue weighted by Crippen LogP contribution is 2.67. The number of oxime groups is 1. The Bertz CT molecular complexity index is 705. The van der Waals surface area contributed by atoms with Crippen molar-refractivity contribution in [2.24, 2.45) is 34.2 Å². The van der Waals surface area contributed by atoms with Gasteiger partial charge in [-0.3, -0.25) is 0 Å². The fourth-order valence-corrected chi connectivity index (χ4v) is 7.25. The molecule has 0 aromatic carbocycles. The van der Waals surface area contributed by atoms with Crippen LogP contribution >= 0.6 is 0 Å². The molecule has 1 N–H and O–H groups in total. The van der Waals surface area contributed by atoms with Crippen LogP contribution in [0, 0.1) is 29.1 Å². The number of hydrogen-bond donors (Lipinski definition) is 1. The van der Waals surface area contributed by atoms with Gasteiger partial charge in [-0.2, -0.15) is 0 Å². The van der Waals surface area contributed by atoms with E-state index in [9.17, 15) is 0 Å². The second kappa shape index (κ2) is 5.33. The summed E-state index contributed by atoms with van der Waals surface area (Å²) in [4.78, 5) is 0. The average Bonchev–Trinajstić information content (AvgIpc) is 3.22. The minimum atomic E-state index is 0.00334. The highest BCUT2D eigenvalue weighted by molar-refractivity contribution is 5.96. The lowest BCUT2D eigenvalue weighted by molar-refractivity contribution is -0.107. The standard InChI is InChI=1S/C22H29NO2/c1-14-12-19-17(16-5-4-15(23-24)13-18(14)16)6-9-21(2)20(19)7-10-22(21)8-3-11-25-22/h3,8,13,16-17,19-20,24H,1,4-7,9-12H2,2H3/b23-15+/t16-,17?,19?,20?,21+,22+/m1/s1. The largest absolute Gasteiger partial charge is 0.411 e. The molecule has 4 aliphatic carbocycles. The predicted molar refractivity (Wildman–Crippen MR) is 98.7 cm³/mol. The maximum Gasteiger partial charge on any atom is 0.0923 e. The second-order valence-electron chi connectivity index (χ2n) is 9.18. The Kier molecular flexibility index (Phi) is 3.38. The van der Waals surface area contributed by atoms with Gasteiger partial charge in [-0.1, -0.05) is 36.4 Å². The Morgan fingerprint density at radius 1 is 1.24 bits per heavy atom. The molecule has 0 radical (unpaired) electrons. The average molecular weight is 339 g/mol. The van der Waals surface area contributed by atoms with E-state index >= 15 is 0 Å². The third kappa shape index (κ3) is 1.99. The topological polar surface area (TPSA) is 41.8 Å². The number of rotatable bonds is 0. The van der Waals surface area contributed by atoms with E-state index < -0.39 is 0 Å². The summed E-state index contributed by atoms with van der Waals surface area (Å²) in [7, 11) is 0. The van der Waals surface area contributed by atoms with Crippen molar-refractivity contribution in [3.63, 3.8) is 0 Å². The molecule has 3 fully saturated rings. The fraction of sp³-hybridized carbons (Fsp3) is 0.682. The molecule has 1 heterocycles. The maximum absolute atomic E-state index is 9.17. The van der Waals surface area contributed by atoms with Crippen LogP contribution in [0.4, 0.5) is 0 Å². The zero-order valence-electron chi connectivity index (χ0n) is 15.2. The molecule has 5 rings (SSSR count). The lowest BCUT2D eigenvalue weighted by Crippen LogP contribution is -2.52. The molecule has 1 aliphatic heterocycles. The van der Waals surface area contributed by atoms with Gasteiger partial charge < -0.3 is 9.94 Å². The summed E-state index contributed by atoms with van der Waals surface area (Å²) < 4.78 is 6.33. The zero-order valence-corrected chi connectivity index (χ0v) is 15.2. The van der Waals surface area contributed by atoms with Gasteiger partial charge in [0.25, 0.3) is 0 Å². The molecule has 3 heteroatoms. The smallest absolute Gasteiger partial charge is 0.0923 e. The van der Waals surface area contributed by atoms with E-state index in [1.165, 1.54) is 36.8 Å². The Labute approximate surface area is 150 Å². The van der Waals surface area contributed by atoms with E-state index in [4.69, 9.17) is 9.94 Å². The van der Waals surface area contributed by atoms with Crippen LogP contribution in [0.25, 0.3) is 0 Å². The van der Waals surface area contributed by atoms with Gasteiger partial charge in [0.1, 0.15) is 0 Å². The van der Waals surface area contributed by atoms with Crippen molar-refractivity contribution in [3.8, 4) is 0 Å². The lowest BCUT2D eigenvalue weighted by atomic mass is 9.50. The molecule has 0 bridgehead atoms. The molecule has 0 amide bonds. The highest BCUT2D eigenvalue weighted by Gasteiger charge is 2.63. The molecular weight excluding hydrogens is 310 g/mol. The van der Waals surface area contributed by atoms with Crippen molar-refractivity contribution >= 4 is 5.71 Å². The van der Waals surface area contributed by atoms with Crippen molar-refractivity contribution in [3.05, 3.63) is 36.0 Å². The first-order valence-electron chi connectivity index (χ1n) is 10.0. The van der Waals surface area contributed by atoms with Crippen molar-refractivity contribution in [1.29, 1.82) is 0 Å². The fourth-order valence-electron chi connectivity index (χ4n) is 7.25. The highest BCUT2D eigenvalue weighted by atomic mass is 16.5. The van der Waals surface area contributed by atoms with Crippen molar-refractivity contribution in [1.82, 2.24) is 0 Å². The first kappa shape index (κ1) is 15.9. The van der Waals surface area contributed by atoms with E-state index in [0.29, 0.717) is 5.92 Å². The van der Waals surface area contributed by atoms with Crippen LogP contribution in [-0.4, -0.2) is 23.1 Å². The van der Waals surface area contributed by atoms with Crippen LogP contribution in [0.3, 0.4) is 0 Å². The lowest BCUT2D eigenvalue weighted by Gasteiger charge is -2.56. The maximum atomic E-state index is 9.17. The Morgan fingerprint density at radius 3 is 2.88 bits per heavy atom. The monoisotopic (exact) mass is 339 g/mol. The van der Waals surface area contributed by atoms with Crippen molar-refractivity contribution in [2.45, 2.75) is 57.5 Å². The molecule has 3 nitrogen and oxygen atoms in total. The molecule has 0 saturated heterocycles. The normalized spacial score (nSPS) is 49.9. The molecule has 3 saturated carbocycles. The molecule has 0 aromatic rings. The van der Waals surface area contributed by atoms with E-state index in [0.717, 1.165) is 49.3 Å². The summed E-state index contributed by atoms with van der Waals surface area (Å²) in [5.74, 6) is 2.90. The van der Waals surface area contributed by atoms with Gasteiger partial charge in [-0.15, -0.1) is 0 Å². The van der Waals surface area contributed by atoms with E-state index in [1.54, 1.807) is 0 Å². The van der Waals surface area contributed by atoms with E-state index in [2.05, 4.69) is 36.9 Å². The summed E-state index contributed by atoms with van der Waals surface area (Å²) in [6, 6.07) is 0. The molecule has 0 aromatic heterocycles. The van der Waals surface area contributed by atoms with E-state index in [-0.39, 0.29) is 11.0 Å². The Hall–Kier alpha value is -1.35. The molecular formula is C22H29NO2. The number of hydrogen-bond acceptors (Lipinski definition) is 3. The van der Waals surface area contributed by atoms with Gasteiger partial charge >= 0.3 is 0 Å². The summed E-state index contributed by atoms with van der Waals surface area (Å²) in [5.41, 5.74) is 3.79. The number of ether oxygens (including phenoxy) is 1. The van der Waals surface area contributed by atoms with Crippen LogP contribution in [0.1, 0.15) is 51.9 Å². The van der Waals surface area contributed by atoms with Crippen LogP contribution in [0.5, 0.6) is 0 Å². The number of fused-ring (bicyclic) bond motifs is 6. The summed E-state index contributed by atoms with van der Waals surface area (Å²) in [6.07, 6.45) is 15.0. The van der Waals surface area contributed by atoms with Gasteiger partial charge in [0.15, 0.2) is 0 Å². The molecule has 5 aliphatic rings. The van der Waals surface area contributed by atoms with Crippen molar-refractivity contribution < 1.29 is 9.94 Å².